The third kappa shape index (κ3) is 4.60. The molecule has 1 aliphatic rings. The second-order valence-corrected chi connectivity index (χ2v) is 9.43. The Balaban J connectivity index is 2.08. The molecule has 1 heterocycles. The number of hydrogen-bond acceptors (Lipinski definition) is 4. The summed E-state index contributed by atoms with van der Waals surface area (Å²) in [5, 5.41) is 2.74. The number of furan rings is 1. The Hall–Kier alpha value is -1.34. The maximum absolute atomic E-state index is 12.4. The molecular weight excluding hydrogens is 328 g/mol. The first-order chi connectivity index (χ1) is 11.0. The van der Waals surface area contributed by atoms with Crippen LogP contribution in [-0.4, -0.2) is 25.9 Å². The molecular formula is C17H28N2O4S. The van der Waals surface area contributed by atoms with E-state index in [4.69, 9.17) is 4.42 Å². The van der Waals surface area contributed by atoms with E-state index in [2.05, 4.69) is 23.9 Å². The lowest BCUT2D eigenvalue weighted by Crippen LogP contribution is -2.43. The summed E-state index contributed by atoms with van der Waals surface area (Å²) in [5.41, 5.74) is -0.623. The summed E-state index contributed by atoms with van der Waals surface area (Å²) in [6, 6.07) is 2.82. The molecule has 0 aromatic carbocycles. The van der Waals surface area contributed by atoms with Gasteiger partial charge in [0.25, 0.3) is 15.9 Å². The molecule has 1 aliphatic carbocycles. The van der Waals surface area contributed by atoms with Crippen LogP contribution in [0.2, 0.25) is 0 Å². The van der Waals surface area contributed by atoms with Gasteiger partial charge < -0.3 is 9.73 Å². The van der Waals surface area contributed by atoms with E-state index in [0.717, 1.165) is 12.8 Å². The largest absolute Gasteiger partial charge is 0.438 e. The summed E-state index contributed by atoms with van der Waals surface area (Å²) in [5.74, 6) is 0.615. The minimum Gasteiger partial charge on any atom is -0.438 e. The first-order valence-corrected chi connectivity index (χ1v) is 9.92. The molecule has 1 fully saturated rings. The van der Waals surface area contributed by atoms with Gasteiger partial charge in [0.1, 0.15) is 0 Å². The molecule has 0 radical (unpaired) electrons. The third-order valence-electron chi connectivity index (χ3n) is 4.53. The number of amides is 1. The van der Waals surface area contributed by atoms with Gasteiger partial charge in [-0.15, -0.1) is 0 Å². The van der Waals surface area contributed by atoms with Crippen LogP contribution in [0.3, 0.4) is 0 Å². The van der Waals surface area contributed by atoms with Crippen LogP contribution in [0.25, 0.3) is 0 Å². The standard InChI is InChI=1S/C17H28N2O4S/c1-11-7-6-8-13(12(11)2)18-16(20)14-9-10-15(23-14)24(21,22)19-17(3,4)5/h9-13,19H,6-8H2,1-5H3,(H,18,20)/t11-,12-,13-/m1/s1. The molecule has 2 N–H and O–H groups in total. The van der Waals surface area contributed by atoms with E-state index in [1.807, 2.05) is 0 Å². The maximum Gasteiger partial charge on any atom is 0.287 e. The van der Waals surface area contributed by atoms with Crippen molar-refractivity contribution in [3.05, 3.63) is 17.9 Å². The number of carbonyl (C=O) groups is 1. The van der Waals surface area contributed by atoms with E-state index in [1.165, 1.54) is 18.6 Å². The average Bonchev–Trinajstić information content (AvgIpc) is 2.92. The van der Waals surface area contributed by atoms with E-state index < -0.39 is 15.6 Å². The Morgan fingerprint density at radius 2 is 1.88 bits per heavy atom. The molecule has 136 valence electrons. The zero-order valence-electron chi connectivity index (χ0n) is 15.0. The molecule has 3 atom stereocenters. The Morgan fingerprint density at radius 3 is 2.50 bits per heavy atom. The molecule has 0 bridgehead atoms. The van der Waals surface area contributed by atoms with E-state index in [9.17, 15) is 13.2 Å². The second-order valence-electron chi connectivity index (χ2n) is 7.82. The van der Waals surface area contributed by atoms with Crippen molar-refractivity contribution in [3.8, 4) is 0 Å². The molecule has 1 aromatic rings. The molecule has 2 rings (SSSR count). The monoisotopic (exact) mass is 356 g/mol. The second kappa shape index (κ2) is 6.88. The zero-order chi connectivity index (χ0) is 18.1. The van der Waals surface area contributed by atoms with Gasteiger partial charge in [-0.1, -0.05) is 26.7 Å². The van der Waals surface area contributed by atoms with Crippen molar-refractivity contribution in [2.24, 2.45) is 11.8 Å². The van der Waals surface area contributed by atoms with Crippen molar-refractivity contribution < 1.29 is 17.6 Å². The Kier molecular flexibility index (Phi) is 5.44. The highest BCUT2D eigenvalue weighted by Gasteiger charge is 2.30. The molecule has 0 saturated heterocycles. The van der Waals surface area contributed by atoms with E-state index >= 15 is 0 Å². The van der Waals surface area contributed by atoms with Crippen LogP contribution in [0.4, 0.5) is 0 Å². The highest BCUT2D eigenvalue weighted by molar-refractivity contribution is 7.89. The summed E-state index contributed by atoms with van der Waals surface area (Å²) >= 11 is 0. The lowest BCUT2D eigenvalue weighted by molar-refractivity contribution is 0.0857. The van der Waals surface area contributed by atoms with Gasteiger partial charge in [0.05, 0.1) is 0 Å². The van der Waals surface area contributed by atoms with Crippen molar-refractivity contribution >= 4 is 15.9 Å². The maximum atomic E-state index is 12.4. The van der Waals surface area contributed by atoms with Crippen LogP contribution < -0.4 is 10.0 Å². The van der Waals surface area contributed by atoms with Crippen molar-refractivity contribution in [2.75, 3.05) is 0 Å². The summed E-state index contributed by atoms with van der Waals surface area (Å²) in [4.78, 5) is 12.4. The predicted molar refractivity (Wildman–Crippen MR) is 92.2 cm³/mol. The SMILES string of the molecule is C[C@@H]1[C@H](C)CCC[C@H]1NC(=O)c1ccc(S(=O)(=O)NC(C)(C)C)o1. The van der Waals surface area contributed by atoms with Crippen molar-refractivity contribution in [3.63, 3.8) is 0 Å². The van der Waals surface area contributed by atoms with Gasteiger partial charge in [0.15, 0.2) is 5.76 Å². The minimum absolute atomic E-state index is 0.0229. The number of hydrogen-bond donors (Lipinski definition) is 2. The minimum atomic E-state index is -3.78. The van der Waals surface area contributed by atoms with Gasteiger partial charge in [-0.25, -0.2) is 13.1 Å². The van der Waals surface area contributed by atoms with Crippen molar-refractivity contribution in [1.82, 2.24) is 10.0 Å². The van der Waals surface area contributed by atoms with Crippen LogP contribution in [0.15, 0.2) is 21.6 Å². The smallest absolute Gasteiger partial charge is 0.287 e. The first-order valence-electron chi connectivity index (χ1n) is 8.44. The predicted octanol–water partition coefficient (Wildman–Crippen LogP) is 2.91. The van der Waals surface area contributed by atoms with Crippen LogP contribution >= 0.6 is 0 Å². The molecule has 1 amide bonds. The normalized spacial score (nSPS) is 25.5. The molecule has 0 aliphatic heterocycles. The highest BCUT2D eigenvalue weighted by atomic mass is 32.2. The number of rotatable bonds is 4. The molecule has 0 unspecified atom stereocenters. The van der Waals surface area contributed by atoms with Gasteiger partial charge in [0, 0.05) is 11.6 Å². The van der Waals surface area contributed by atoms with Gasteiger partial charge in [-0.3, -0.25) is 4.79 Å². The number of sulfonamides is 1. The molecule has 1 aromatic heterocycles. The summed E-state index contributed by atoms with van der Waals surface area (Å²) < 4.78 is 32.3. The third-order valence-corrected chi connectivity index (χ3v) is 6.16. The lowest BCUT2D eigenvalue weighted by Gasteiger charge is -2.34. The van der Waals surface area contributed by atoms with Crippen LogP contribution in [0.1, 0.15) is 64.4 Å². The van der Waals surface area contributed by atoms with Gasteiger partial charge in [-0.05, 0) is 51.2 Å². The van der Waals surface area contributed by atoms with Crippen LogP contribution in [-0.2, 0) is 10.0 Å². The Morgan fingerprint density at radius 1 is 1.21 bits per heavy atom. The van der Waals surface area contributed by atoms with Crippen molar-refractivity contribution in [2.45, 2.75) is 70.6 Å². The quantitative estimate of drug-likeness (QED) is 0.868. The zero-order valence-corrected chi connectivity index (χ0v) is 15.9. The molecule has 7 heteroatoms. The van der Waals surface area contributed by atoms with Gasteiger partial charge in [-0.2, -0.15) is 0 Å². The van der Waals surface area contributed by atoms with Crippen LogP contribution in [0, 0.1) is 11.8 Å². The van der Waals surface area contributed by atoms with E-state index in [0.29, 0.717) is 11.8 Å². The average molecular weight is 356 g/mol. The van der Waals surface area contributed by atoms with Crippen LogP contribution in [0.5, 0.6) is 0 Å². The molecule has 0 spiro atoms. The molecule has 1 saturated carbocycles. The fourth-order valence-corrected chi connectivity index (χ4v) is 4.42. The fourth-order valence-electron chi connectivity index (χ4n) is 3.07. The fraction of sp³-hybridized carbons (Fsp3) is 0.706. The van der Waals surface area contributed by atoms with E-state index in [1.54, 1.807) is 20.8 Å². The Bertz CT molecular complexity index is 688. The molecule has 6 nitrogen and oxygen atoms in total. The molecule has 24 heavy (non-hydrogen) atoms. The number of nitrogens with one attached hydrogen (secondary N) is 2. The first kappa shape index (κ1) is 19.0. The lowest BCUT2D eigenvalue weighted by atomic mass is 9.78. The van der Waals surface area contributed by atoms with Crippen molar-refractivity contribution in [1.29, 1.82) is 0 Å². The van der Waals surface area contributed by atoms with Gasteiger partial charge in [0.2, 0.25) is 5.09 Å². The van der Waals surface area contributed by atoms with E-state index in [-0.39, 0.29) is 22.8 Å². The number of carbonyl (C=O) groups excluding carboxylic acids is 1. The summed E-state index contributed by atoms with van der Waals surface area (Å²) in [6.45, 7) is 9.56. The highest BCUT2D eigenvalue weighted by Crippen LogP contribution is 2.29. The summed E-state index contributed by atoms with van der Waals surface area (Å²) in [6.07, 6.45) is 3.20. The topological polar surface area (TPSA) is 88.4 Å². The summed E-state index contributed by atoms with van der Waals surface area (Å²) in [7, 11) is -3.78. The Labute approximate surface area is 144 Å². The van der Waals surface area contributed by atoms with Gasteiger partial charge >= 0.3 is 0 Å².